The van der Waals surface area contributed by atoms with Crippen LogP contribution in [-0.4, -0.2) is 34.7 Å². The molecule has 0 bridgehead atoms. The van der Waals surface area contributed by atoms with Gasteiger partial charge in [-0.3, -0.25) is 4.79 Å². The fourth-order valence-electron chi connectivity index (χ4n) is 1.15. The summed E-state index contributed by atoms with van der Waals surface area (Å²) in [6, 6.07) is 4.94. The second kappa shape index (κ2) is 5.95. The number of nitrogens with one attached hydrogen (secondary N) is 1. The molecule has 0 saturated carbocycles. The molecule has 3 N–H and O–H groups in total. The summed E-state index contributed by atoms with van der Waals surface area (Å²) in [5.74, 6) is -2.22. The van der Waals surface area contributed by atoms with E-state index in [4.69, 9.17) is 10.2 Å². The number of hydrogen-bond acceptors (Lipinski definition) is 3. The van der Waals surface area contributed by atoms with Crippen molar-refractivity contribution in [2.75, 3.05) is 6.54 Å². The van der Waals surface area contributed by atoms with Crippen molar-refractivity contribution in [2.45, 2.75) is 12.5 Å². The highest BCUT2D eigenvalue weighted by atomic mass is 19.1. The lowest BCUT2D eigenvalue weighted by Gasteiger charge is -2.07. The third-order valence-electron chi connectivity index (χ3n) is 2.09. The summed E-state index contributed by atoms with van der Waals surface area (Å²) in [5, 5.41) is 19.8. The molecular formula is C11H12FNO4. The van der Waals surface area contributed by atoms with Crippen molar-refractivity contribution in [3.63, 3.8) is 0 Å². The van der Waals surface area contributed by atoms with Crippen LogP contribution in [0, 0.1) is 5.82 Å². The number of aliphatic hydroxyl groups excluding tert-OH is 1. The number of hydrogen-bond donors (Lipinski definition) is 3. The molecule has 0 unspecified atom stereocenters. The third-order valence-corrected chi connectivity index (χ3v) is 2.09. The summed E-state index contributed by atoms with van der Waals surface area (Å²) < 4.78 is 12.6. The van der Waals surface area contributed by atoms with Crippen molar-refractivity contribution in [3.8, 4) is 0 Å². The smallest absolute Gasteiger partial charge is 0.332 e. The largest absolute Gasteiger partial charge is 0.479 e. The number of carbonyl (C=O) groups is 2. The molecule has 0 saturated heterocycles. The van der Waals surface area contributed by atoms with E-state index >= 15 is 0 Å². The zero-order valence-corrected chi connectivity index (χ0v) is 8.89. The first-order valence-electron chi connectivity index (χ1n) is 4.95. The zero-order valence-electron chi connectivity index (χ0n) is 8.89. The molecule has 0 aliphatic rings. The van der Waals surface area contributed by atoms with E-state index in [1.165, 1.54) is 12.1 Å². The van der Waals surface area contributed by atoms with Gasteiger partial charge in [0, 0.05) is 18.5 Å². The molecule has 1 aromatic carbocycles. The van der Waals surface area contributed by atoms with Gasteiger partial charge in [0.05, 0.1) is 0 Å². The minimum atomic E-state index is -1.50. The SMILES string of the molecule is O=C(NCC[C@H](O)C(=O)O)c1ccc(F)cc1. The summed E-state index contributed by atoms with van der Waals surface area (Å²) in [6.07, 6.45) is -1.58. The van der Waals surface area contributed by atoms with Crippen LogP contribution < -0.4 is 5.32 Å². The van der Waals surface area contributed by atoms with Crippen LogP contribution in [0.15, 0.2) is 24.3 Å². The van der Waals surface area contributed by atoms with E-state index in [0.717, 1.165) is 12.1 Å². The Bertz CT molecular complexity index is 404. The molecule has 5 nitrogen and oxygen atoms in total. The van der Waals surface area contributed by atoms with Crippen molar-refractivity contribution in [1.82, 2.24) is 5.32 Å². The highest BCUT2D eigenvalue weighted by Gasteiger charge is 2.13. The number of halogens is 1. The number of carbonyl (C=O) groups excluding carboxylic acids is 1. The summed E-state index contributed by atoms with van der Waals surface area (Å²) in [5.41, 5.74) is 0.274. The molecule has 0 aromatic heterocycles. The van der Waals surface area contributed by atoms with Crippen LogP contribution in [0.25, 0.3) is 0 Å². The normalized spacial score (nSPS) is 11.9. The summed E-state index contributed by atoms with van der Waals surface area (Å²) in [7, 11) is 0. The summed E-state index contributed by atoms with van der Waals surface area (Å²) in [4.78, 5) is 21.7. The van der Waals surface area contributed by atoms with Crippen LogP contribution in [0.3, 0.4) is 0 Å². The van der Waals surface area contributed by atoms with E-state index in [9.17, 15) is 14.0 Å². The number of carboxylic acid groups (broad SMARTS) is 1. The number of aliphatic carboxylic acids is 1. The molecule has 0 aliphatic heterocycles. The van der Waals surface area contributed by atoms with Crippen LogP contribution in [0.2, 0.25) is 0 Å². The van der Waals surface area contributed by atoms with Crippen LogP contribution in [-0.2, 0) is 4.79 Å². The van der Waals surface area contributed by atoms with Gasteiger partial charge >= 0.3 is 5.97 Å². The zero-order chi connectivity index (χ0) is 12.8. The Labute approximate surface area is 96.9 Å². The van der Waals surface area contributed by atoms with Crippen LogP contribution >= 0.6 is 0 Å². The van der Waals surface area contributed by atoms with E-state index in [1.807, 2.05) is 0 Å². The number of benzene rings is 1. The third kappa shape index (κ3) is 4.20. The van der Waals surface area contributed by atoms with Gasteiger partial charge in [0.15, 0.2) is 6.10 Å². The number of amides is 1. The minimum Gasteiger partial charge on any atom is -0.479 e. The molecule has 1 amide bonds. The first kappa shape index (κ1) is 13.1. The van der Waals surface area contributed by atoms with E-state index in [1.54, 1.807) is 0 Å². The highest BCUT2D eigenvalue weighted by molar-refractivity contribution is 5.94. The standard InChI is InChI=1S/C11H12FNO4/c12-8-3-1-7(2-4-8)10(15)13-6-5-9(14)11(16)17/h1-4,9,14H,5-6H2,(H,13,15)(H,16,17)/t9-/m0/s1. The van der Waals surface area contributed by atoms with Crippen LogP contribution in [0.4, 0.5) is 4.39 Å². The van der Waals surface area contributed by atoms with Gasteiger partial charge in [-0.15, -0.1) is 0 Å². The molecule has 92 valence electrons. The molecule has 1 atom stereocenters. The van der Waals surface area contributed by atoms with Gasteiger partial charge in [0.25, 0.3) is 5.91 Å². The van der Waals surface area contributed by atoms with Gasteiger partial charge in [-0.05, 0) is 24.3 Å². The fourth-order valence-corrected chi connectivity index (χ4v) is 1.15. The number of carboxylic acids is 1. The maximum Gasteiger partial charge on any atom is 0.332 e. The summed E-state index contributed by atoms with van der Waals surface area (Å²) in [6.45, 7) is 0.0314. The highest BCUT2D eigenvalue weighted by Crippen LogP contribution is 2.02. The lowest BCUT2D eigenvalue weighted by Crippen LogP contribution is -2.30. The van der Waals surface area contributed by atoms with E-state index in [2.05, 4.69) is 5.32 Å². The van der Waals surface area contributed by atoms with Crippen LogP contribution in [0.1, 0.15) is 16.8 Å². The lowest BCUT2D eigenvalue weighted by atomic mass is 10.2. The first-order valence-corrected chi connectivity index (χ1v) is 4.95. The van der Waals surface area contributed by atoms with Gasteiger partial charge in [-0.1, -0.05) is 0 Å². The molecular weight excluding hydrogens is 229 g/mol. The van der Waals surface area contributed by atoms with E-state index < -0.39 is 23.8 Å². The monoisotopic (exact) mass is 241 g/mol. The van der Waals surface area contributed by atoms with E-state index in [-0.39, 0.29) is 18.5 Å². The van der Waals surface area contributed by atoms with Crippen molar-refractivity contribution in [3.05, 3.63) is 35.6 Å². The quantitative estimate of drug-likeness (QED) is 0.696. The average molecular weight is 241 g/mol. The predicted molar refractivity (Wildman–Crippen MR) is 57.0 cm³/mol. The average Bonchev–Trinajstić information content (AvgIpc) is 2.29. The summed E-state index contributed by atoms with van der Waals surface area (Å²) >= 11 is 0. The van der Waals surface area contributed by atoms with Crippen molar-refractivity contribution >= 4 is 11.9 Å². The number of rotatable bonds is 5. The Morgan fingerprint density at radius 3 is 2.41 bits per heavy atom. The van der Waals surface area contributed by atoms with Crippen molar-refractivity contribution in [2.24, 2.45) is 0 Å². The van der Waals surface area contributed by atoms with Gasteiger partial charge in [0.2, 0.25) is 0 Å². The Morgan fingerprint density at radius 1 is 1.29 bits per heavy atom. The topological polar surface area (TPSA) is 86.6 Å². The molecule has 0 aliphatic carbocycles. The van der Waals surface area contributed by atoms with Crippen LogP contribution in [0.5, 0.6) is 0 Å². The minimum absolute atomic E-state index is 0.0314. The molecule has 0 spiro atoms. The number of aliphatic hydroxyl groups is 1. The molecule has 0 radical (unpaired) electrons. The molecule has 1 rings (SSSR count). The Hall–Kier alpha value is -1.95. The van der Waals surface area contributed by atoms with Gasteiger partial charge in [-0.25, -0.2) is 9.18 Å². The Kier molecular flexibility index (Phi) is 4.59. The van der Waals surface area contributed by atoms with E-state index in [0.29, 0.717) is 0 Å². The predicted octanol–water partition coefficient (Wildman–Crippen LogP) is 0.391. The Morgan fingerprint density at radius 2 is 1.88 bits per heavy atom. The van der Waals surface area contributed by atoms with Gasteiger partial charge in [0.1, 0.15) is 5.82 Å². The van der Waals surface area contributed by atoms with Gasteiger partial charge in [-0.2, -0.15) is 0 Å². The second-order valence-electron chi connectivity index (χ2n) is 3.41. The first-order chi connectivity index (χ1) is 8.00. The Balaban J connectivity index is 2.40. The molecule has 0 fully saturated rings. The molecule has 1 aromatic rings. The fraction of sp³-hybridized carbons (Fsp3) is 0.273. The second-order valence-corrected chi connectivity index (χ2v) is 3.41. The molecule has 0 heterocycles. The lowest BCUT2D eigenvalue weighted by molar-refractivity contribution is -0.146. The molecule has 6 heteroatoms. The molecule has 17 heavy (non-hydrogen) atoms. The van der Waals surface area contributed by atoms with Crippen molar-refractivity contribution in [1.29, 1.82) is 0 Å². The maximum absolute atomic E-state index is 12.6. The van der Waals surface area contributed by atoms with Crippen molar-refractivity contribution < 1.29 is 24.2 Å². The maximum atomic E-state index is 12.6. The van der Waals surface area contributed by atoms with Gasteiger partial charge < -0.3 is 15.5 Å².